The molecule has 0 aromatic heterocycles. The minimum absolute atomic E-state index is 0.223. The van der Waals surface area contributed by atoms with Crippen molar-refractivity contribution in [2.24, 2.45) is 0 Å². The molecular formula is C6H8OS. The number of hydrogen-bond donors (Lipinski definition) is 1. The van der Waals surface area contributed by atoms with Crippen LogP contribution in [0.5, 0.6) is 0 Å². The molecule has 0 aromatic carbocycles. The predicted molar refractivity (Wildman–Crippen MR) is 35.9 cm³/mol. The van der Waals surface area contributed by atoms with Crippen LogP contribution in [0.25, 0.3) is 0 Å². The molecule has 8 heavy (non-hydrogen) atoms. The average molecular weight is 128 g/mol. The van der Waals surface area contributed by atoms with Crippen LogP contribution in [-0.4, -0.2) is 5.78 Å². The molecule has 0 unspecified atom stereocenters. The Morgan fingerprint density at radius 2 is 2.25 bits per heavy atom. The maximum absolute atomic E-state index is 10.5. The lowest BCUT2D eigenvalue weighted by Crippen LogP contribution is -1.98. The molecule has 0 bridgehead atoms. The molecule has 2 heteroatoms. The maximum atomic E-state index is 10.5. The van der Waals surface area contributed by atoms with Gasteiger partial charge in [0.25, 0.3) is 0 Å². The number of carbonyl (C=O) groups is 1. The third-order valence-corrected chi connectivity index (χ3v) is 1.54. The largest absolute Gasteiger partial charge is 0.295 e. The van der Waals surface area contributed by atoms with Crippen LogP contribution in [0.15, 0.2) is 11.0 Å². The van der Waals surface area contributed by atoms with Crippen molar-refractivity contribution in [1.82, 2.24) is 0 Å². The minimum Gasteiger partial charge on any atom is -0.295 e. The van der Waals surface area contributed by atoms with Gasteiger partial charge in [0.15, 0.2) is 5.78 Å². The summed E-state index contributed by atoms with van der Waals surface area (Å²) in [6.07, 6.45) is 4.29. The number of hydrogen-bond acceptors (Lipinski definition) is 2. The molecule has 1 aliphatic rings. The molecule has 0 radical (unpaired) electrons. The quantitative estimate of drug-likeness (QED) is 0.490. The van der Waals surface area contributed by atoms with E-state index in [9.17, 15) is 4.79 Å². The van der Waals surface area contributed by atoms with E-state index in [2.05, 4.69) is 12.6 Å². The first-order valence-electron chi connectivity index (χ1n) is 2.71. The molecule has 0 spiro atoms. The summed E-state index contributed by atoms with van der Waals surface area (Å²) in [5, 5.41) is 0. The summed E-state index contributed by atoms with van der Waals surface area (Å²) in [7, 11) is 0. The molecule has 0 saturated heterocycles. The highest BCUT2D eigenvalue weighted by molar-refractivity contribution is 7.84. The van der Waals surface area contributed by atoms with Crippen LogP contribution in [0.1, 0.15) is 19.3 Å². The average Bonchev–Trinajstić information content (AvgIpc) is 1.64. The Kier molecular flexibility index (Phi) is 1.73. The van der Waals surface area contributed by atoms with Gasteiger partial charge in [0.05, 0.1) is 0 Å². The van der Waals surface area contributed by atoms with Crippen LogP contribution in [0, 0.1) is 0 Å². The molecule has 0 atom stereocenters. The Morgan fingerprint density at radius 1 is 1.50 bits per heavy atom. The summed E-state index contributed by atoms with van der Waals surface area (Å²) < 4.78 is 0. The Morgan fingerprint density at radius 3 is 2.62 bits per heavy atom. The second kappa shape index (κ2) is 2.35. The SMILES string of the molecule is O=C1C=C(S)CCC1. The fraction of sp³-hybridized carbons (Fsp3) is 0.500. The fourth-order valence-corrected chi connectivity index (χ4v) is 1.08. The summed E-state index contributed by atoms with van der Waals surface area (Å²) in [6, 6.07) is 0. The molecule has 1 rings (SSSR count). The van der Waals surface area contributed by atoms with Crippen LogP contribution in [0.4, 0.5) is 0 Å². The van der Waals surface area contributed by atoms with Crippen molar-refractivity contribution in [1.29, 1.82) is 0 Å². The molecular weight excluding hydrogens is 120 g/mol. The van der Waals surface area contributed by atoms with E-state index in [0.29, 0.717) is 6.42 Å². The van der Waals surface area contributed by atoms with Gasteiger partial charge >= 0.3 is 0 Å². The van der Waals surface area contributed by atoms with E-state index in [1.165, 1.54) is 0 Å². The van der Waals surface area contributed by atoms with Gasteiger partial charge in [0, 0.05) is 6.42 Å². The molecule has 44 valence electrons. The van der Waals surface area contributed by atoms with Crippen molar-refractivity contribution in [2.45, 2.75) is 19.3 Å². The fourth-order valence-electron chi connectivity index (χ4n) is 0.774. The van der Waals surface area contributed by atoms with Crippen LogP contribution < -0.4 is 0 Å². The highest BCUT2D eigenvalue weighted by atomic mass is 32.1. The van der Waals surface area contributed by atoms with Crippen LogP contribution in [-0.2, 0) is 4.79 Å². The first-order chi connectivity index (χ1) is 3.79. The summed E-state index contributed by atoms with van der Waals surface area (Å²) in [5.41, 5.74) is 0. The van der Waals surface area contributed by atoms with Gasteiger partial charge in [-0.1, -0.05) is 0 Å². The topological polar surface area (TPSA) is 17.1 Å². The highest BCUT2D eigenvalue weighted by Crippen LogP contribution is 2.16. The Balaban J connectivity index is 2.64. The maximum Gasteiger partial charge on any atom is 0.156 e. The first-order valence-corrected chi connectivity index (χ1v) is 3.16. The van der Waals surface area contributed by atoms with E-state index in [1.54, 1.807) is 6.08 Å². The van der Waals surface area contributed by atoms with Gasteiger partial charge in [-0.05, 0) is 23.8 Å². The molecule has 0 aliphatic heterocycles. The lowest BCUT2D eigenvalue weighted by atomic mass is 10.1. The summed E-state index contributed by atoms with van der Waals surface area (Å²) in [5.74, 6) is 0.223. The highest BCUT2D eigenvalue weighted by Gasteiger charge is 2.05. The van der Waals surface area contributed by atoms with Crippen LogP contribution in [0.3, 0.4) is 0 Å². The number of carbonyl (C=O) groups excluding carboxylic acids is 1. The summed E-state index contributed by atoms with van der Waals surface area (Å²) in [6.45, 7) is 0. The Labute approximate surface area is 54.2 Å². The zero-order valence-corrected chi connectivity index (χ0v) is 5.45. The Hall–Kier alpha value is -0.240. The number of rotatable bonds is 0. The lowest BCUT2D eigenvalue weighted by molar-refractivity contribution is -0.114. The van der Waals surface area contributed by atoms with Crippen molar-refractivity contribution in [2.75, 3.05) is 0 Å². The molecule has 0 amide bonds. The second-order valence-corrected chi connectivity index (χ2v) is 2.53. The number of allylic oxidation sites excluding steroid dienone is 2. The normalized spacial score (nSPS) is 20.6. The third kappa shape index (κ3) is 1.37. The van der Waals surface area contributed by atoms with Gasteiger partial charge in [-0.2, -0.15) is 0 Å². The zero-order valence-electron chi connectivity index (χ0n) is 4.55. The smallest absolute Gasteiger partial charge is 0.156 e. The van der Waals surface area contributed by atoms with E-state index in [1.807, 2.05) is 0 Å². The summed E-state index contributed by atoms with van der Waals surface area (Å²) >= 11 is 4.06. The van der Waals surface area contributed by atoms with Gasteiger partial charge in [-0.25, -0.2) is 0 Å². The van der Waals surface area contributed by atoms with Gasteiger partial charge in [0.2, 0.25) is 0 Å². The van der Waals surface area contributed by atoms with E-state index in [-0.39, 0.29) is 5.78 Å². The van der Waals surface area contributed by atoms with Gasteiger partial charge in [-0.15, -0.1) is 12.6 Å². The third-order valence-electron chi connectivity index (χ3n) is 1.18. The predicted octanol–water partition coefficient (Wildman–Crippen LogP) is 1.55. The van der Waals surface area contributed by atoms with Gasteiger partial charge in [0.1, 0.15) is 0 Å². The van der Waals surface area contributed by atoms with Crippen molar-refractivity contribution in [3.8, 4) is 0 Å². The van der Waals surface area contributed by atoms with Crippen molar-refractivity contribution >= 4 is 18.4 Å². The molecule has 0 N–H and O–H groups in total. The van der Waals surface area contributed by atoms with Crippen molar-refractivity contribution in [3.05, 3.63) is 11.0 Å². The minimum atomic E-state index is 0.223. The molecule has 0 aromatic rings. The van der Waals surface area contributed by atoms with Crippen LogP contribution >= 0.6 is 12.6 Å². The van der Waals surface area contributed by atoms with Gasteiger partial charge < -0.3 is 0 Å². The monoisotopic (exact) mass is 128 g/mol. The summed E-state index contributed by atoms with van der Waals surface area (Å²) in [4.78, 5) is 11.5. The first kappa shape index (κ1) is 5.89. The van der Waals surface area contributed by atoms with Crippen molar-refractivity contribution < 1.29 is 4.79 Å². The number of thiol groups is 1. The van der Waals surface area contributed by atoms with E-state index in [4.69, 9.17) is 0 Å². The molecule has 1 aliphatic carbocycles. The number of ketones is 1. The van der Waals surface area contributed by atoms with E-state index >= 15 is 0 Å². The lowest BCUT2D eigenvalue weighted by Gasteiger charge is -2.04. The molecule has 0 saturated carbocycles. The van der Waals surface area contributed by atoms with Crippen molar-refractivity contribution in [3.63, 3.8) is 0 Å². The zero-order chi connectivity index (χ0) is 5.98. The van der Waals surface area contributed by atoms with Gasteiger partial charge in [-0.3, -0.25) is 4.79 Å². The van der Waals surface area contributed by atoms with E-state index in [0.717, 1.165) is 17.7 Å². The second-order valence-electron chi connectivity index (χ2n) is 1.96. The van der Waals surface area contributed by atoms with Crippen LogP contribution in [0.2, 0.25) is 0 Å². The molecule has 0 fully saturated rings. The Bertz CT molecular complexity index is 137. The standard InChI is InChI=1S/C6H8OS/c7-5-2-1-3-6(8)4-5/h4,8H,1-3H2. The van der Waals surface area contributed by atoms with E-state index < -0.39 is 0 Å². The molecule has 1 nitrogen and oxygen atoms in total. The molecule has 0 heterocycles.